The summed E-state index contributed by atoms with van der Waals surface area (Å²) in [6, 6.07) is 15.1. The van der Waals surface area contributed by atoms with E-state index in [1.54, 1.807) is 0 Å². The van der Waals surface area contributed by atoms with E-state index >= 15 is 0 Å². The Labute approximate surface area is 126 Å². The molecule has 0 aliphatic rings. The number of rotatable bonds is 2. The molecule has 0 N–H and O–H groups in total. The van der Waals surface area contributed by atoms with Crippen LogP contribution >= 0.6 is 0 Å². The second-order valence-corrected chi connectivity index (χ2v) is 5.32. The van der Waals surface area contributed by atoms with E-state index in [0.717, 1.165) is 39.9 Å². The molecule has 112 valence electrons. The Morgan fingerprint density at radius 1 is 0.955 bits per heavy atom. The summed E-state index contributed by atoms with van der Waals surface area (Å²) in [5.41, 5.74) is 3.07. The van der Waals surface area contributed by atoms with Crippen molar-refractivity contribution in [3.63, 3.8) is 0 Å². The van der Waals surface area contributed by atoms with Crippen LogP contribution in [-0.4, -0.2) is 4.98 Å². The van der Waals surface area contributed by atoms with Crippen molar-refractivity contribution >= 4 is 10.9 Å². The Bertz CT molecular complexity index is 805. The molecule has 0 atom stereocenters. The Balaban J connectivity index is 1.90. The van der Waals surface area contributed by atoms with Gasteiger partial charge in [-0.1, -0.05) is 30.3 Å². The highest BCUT2D eigenvalue weighted by Crippen LogP contribution is 2.29. The Hall–Kier alpha value is -2.36. The average Bonchev–Trinajstić information content (AvgIpc) is 2.47. The van der Waals surface area contributed by atoms with E-state index in [1.165, 1.54) is 12.1 Å². The van der Waals surface area contributed by atoms with Gasteiger partial charge in [0.15, 0.2) is 0 Å². The zero-order chi connectivity index (χ0) is 15.7. The van der Waals surface area contributed by atoms with E-state index in [9.17, 15) is 13.2 Å². The van der Waals surface area contributed by atoms with E-state index in [0.29, 0.717) is 6.42 Å². The summed E-state index contributed by atoms with van der Waals surface area (Å²) < 4.78 is 37.7. The number of para-hydroxylation sites is 1. The van der Waals surface area contributed by atoms with Crippen LogP contribution in [0.1, 0.15) is 22.4 Å². The van der Waals surface area contributed by atoms with Crippen LogP contribution in [0.3, 0.4) is 0 Å². The van der Waals surface area contributed by atoms with Gasteiger partial charge in [-0.25, -0.2) is 0 Å². The summed E-state index contributed by atoms with van der Waals surface area (Å²) in [7, 11) is 0. The second-order valence-electron chi connectivity index (χ2n) is 5.32. The lowest BCUT2D eigenvalue weighted by molar-refractivity contribution is -0.137. The number of hydrogen-bond donors (Lipinski definition) is 0. The molecule has 3 rings (SSSR count). The fraction of sp³-hybridized carbons (Fsp3) is 0.167. The normalized spacial score (nSPS) is 11.8. The van der Waals surface area contributed by atoms with Gasteiger partial charge in [-0.3, -0.25) is 4.98 Å². The van der Waals surface area contributed by atoms with E-state index in [-0.39, 0.29) is 0 Å². The van der Waals surface area contributed by atoms with Crippen LogP contribution in [0.25, 0.3) is 10.9 Å². The summed E-state index contributed by atoms with van der Waals surface area (Å²) >= 11 is 0. The van der Waals surface area contributed by atoms with E-state index in [4.69, 9.17) is 0 Å². The first-order valence-corrected chi connectivity index (χ1v) is 6.95. The molecule has 1 nitrogen and oxygen atoms in total. The maximum atomic E-state index is 12.6. The SMILES string of the molecule is Cc1cc(Cc2ccc(C(F)(F)F)cc2)nc2ccccc12. The molecule has 0 radical (unpaired) electrons. The quantitative estimate of drug-likeness (QED) is 0.637. The molecule has 0 saturated heterocycles. The standard InChI is InChI=1S/C18H14F3N/c1-12-10-15(22-17-5-3-2-4-16(12)17)11-13-6-8-14(9-7-13)18(19,20)21/h2-10H,11H2,1H3. The molecule has 0 aliphatic heterocycles. The summed E-state index contributed by atoms with van der Waals surface area (Å²) in [6.07, 6.45) is -3.78. The molecule has 0 bridgehead atoms. The zero-order valence-electron chi connectivity index (χ0n) is 12.0. The molecule has 2 aromatic carbocycles. The predicted molar refractivity (Wildman–Crippen MR) is 80.7 cm³/mol. The third kappa shape index (κ3) is 2.96. The fourth-order valence-electron chi connectivity index (χ4n) is 2.53. The number of pyridine rings is 1. The Morgan fingerprint density at radius 3 is 2.32 bits per heavy atom. The fourth-order valence-corrected chi connectivity index (χ4v) is 2.53. The average molecular weight is 301 g/mol. The van der Waals surface area contributed by atoms with Crippen molar-refractivity contribution in [2.75, 3.05) is 0 Å². The molecule has 4 heteroatoms. The van der Waals surface area contributed by atoms with Crippen molar-refractivity contribution in [3.8, 4) is 0 Å². The van der Waals surface area contributed by atoms with Crippen molar-refractivity contribution in [2.45, 2.75) is 19.5 Å². The third-order valence-corrected chi connectivity index (χ3v) is 3.64. The van der Waals surface area contributed by atoms with E-state index in [2.05, 4.69) is 4.98 Å². The summed E-state index contributed by atoms with van der Waals surface area (Å²) in [5.74, 6) is 0. The largest absolute Gasteiger partial charge is 0.416 e. The molecule has 3 aromatic rings. The molecule has 0 aliphatic carbocycles. The first kappa shape index (κ1) is 14.6. The van der Waals surface area contributed by atoms with Crippen LogP contribution in [0.5, 0.6) is 0 Å². The number of benzene rings is 2. The highest BCUT2D eigenvalue weighted by molar-refractivity contribution is 5.82. The van der Waals surface area contributed by atoms with Crippen LogP contribution in [0.15, 0.2) is 54.6 Å². The monoisotopic (exact) mass is 301 g/mol. The van der Waals surface area contributed by atoms with Gasteiger partial charge >= 0.3 is 6.18 Å². The molecule has 0 fully saturated rings. The van der Waals surface area contributed by atoms with Crippen molar-refractivity contribution in [3.05, 3.63) is 77.0 Å². The maximum Gasteiger partial charge on any atom is 0.416 e. The van der Waals surface area contributed by atoms with Crippen LogP contribution in [0.4, 0.5) is 13.2 Å². The number of halogens is 3. The number of hydrogen-bond acceptors (Lipinski definition) is 1. The maximum absolute atomic E-state index is 12.6. The molecule has 0 spiro atoms. The van der Waals surface area contributed by atoms with Gasteiger partial charge in [0.05, 0.1) is 11.1 Å². The minimum atomic E-state index is -4.30. The van der Waals surface area contributed by atoms with E-state index < -0.39 is 11.7 Å². The smallest absolute Gasteiger partial charge is 0.252 e. The van der Waals surface area contributed by atoms with Crippen LogP contribution in [-0.2, 0) is 12.6 Å². The van der Waals surface area contributed by atoms with Crippen LogP contribution in [0, 0.1) is 6.92 Å². The van der Waals surface area contributed by atoms with Gasteiger partial charge in [0.1, 0.15) is 0 Å². The van der Waals surface area contributed by atoms with Gasteiger partial charge < -0.3 is 0 Å². The van der Waals surface area contributed by atoms with Crippen molar-refractivity contribution in [2.24, 2.45) is 0 Å². The minimum Gasteiger partial charge on any atom is -0.252 e. The Kier molecular flexibility index (Phi) is 3.61. The lowest BCUT2D eigenvalue weighted by Gasteiger charge is -2.09. The first-order chi connectivity index (χ1) is 10.4. The van der Waals surface area contributed by atoms with Crippen molar-refractivity contribution < 1.29 is 13.2 Å². The lowest BCUT2D eigenvalue weighted by Crippen LogP contribution is -2.04. The molecular formula is C18H14F3N. The summed E-state index contributed by atoms with van der Waals surface area (Å²) in [5, 5.41) is 1.10. The lowest BCUT2D eigenvalue weighted by atomic mass is 10.0. The number of aryl methyl sites for hydroxylation is 1. The molecule has 22 heavy (non-hydrogen) atoms. The van der Waals surface area contributed by atoms with Gasteiger partial charge in [-0.15, -0.1) is 0 Å². The number of alkyl halides is 3. The van der Waals surface area contributed by atoms with Crippen LogP contribution < -0.4 is 0 Å². The van der Waals surface area contributed by atoms with E-state index in [1.807, 2.05) is 37.3 Å². The van der Waals surface area contributed by atoms with Gasteiger partial charge in [-0.05, 0) is 42.3 Å². The van der Waals surface area contributed by atoms with Gasteiger partial charge in [0, 0.05) is 17.5 Å². The second kappa shape index (κ2) is 5.44. The molecule has 0 amide bonds. The highest BCUT2D eigenvalue weighted by atomic mass is 19.4. The predicted octanol–water partition coefficient (Wildman–Crippen LogP) is 5.15. The number of nitrogens with zero attached hydrogens (tertiary/aromatic N) is 1. The minimum absolute atomic E-state index is 0.518. The molecule has 0 saturated carbocycles. The molecular weight excluding hydrogens is 287 g/mol. The summed E-state index contributed by atoms with van der Waals surface area (Å²) in [4.78, 5) is 4.58. The summed E-state index contributed by atoms with van der Waals surface area (Å²) in [6.45, 7) is 2.01. The molecule has 0 unspecified atom stereocenters. The highest BCUT2D eigenvalue weighted by Gasteiger charge is 2.29. The molecule has 1 heterocycles. The van der Waals surface area contributed by atoms with Crippen molar-refractivity contribution in [1.82, 2.24) is 4.98 Å². The zero-order valence-corrected chi connectivity index (χ0v) is 12.0. The number of fused-ring (bicyclic) bond motifs is 1. The van der Waals surface area contributed by atoms with Gasteiger partial charge in [-0.2, -0.15) is 13.2 Å². The van der Waals surface area contributed by atoms with Gasteiger partial charge in [0.25, 0.3) is 0 Å². The van der Waals surface area contributed by atoms with Gasteiger partial charge in [0.2, 0.25) is 0 Å². The molecule has 1 aromatic heterocycles. The first-order valence-electron chi connectivity index (χ1n) is 6.95. The Morgan fingerprint density at radius 2 is 1.64 bits per heavy atom. The topological polar surface area (TPSA) is 12.9 Å². The van der Waals surface area contributed by atoms with Crippen molar-refractivity contribution in [1.29, 1.82) is 0 Å². The third-order valence-electron chi connectivity index (χ3n) is 3.64. The van der Waals surface area contributed by atoms with Crippen LogP contribution in [0.2, 0.25) is 0 Å². The number of aromatic nitrogens is 1.